The molecule has 2 bridgehead atoms. The smallest absolute Gasteiger partial charge is 0.309 e. The predicted molar refractivity (Wildman–Crippen MR) is 94.5 cm³/mol. The molecule has 0 aromatic heterocycles. The molecule has 2 saturated heterocycles. The summed E-state index contributed by atoms with van der Waals surface area (Å²) in [5.74, 6) is -1.52. The fourth-order valence-corrected chi connectivity index (χ4v) is 3.70. The molecule has 12 heteroatoms. The van der Waals surface area contributed by atoms with Gasteiger partial charge >= 0.3 is 16.4 Å². The third-order valence-corrected chi connectivity index (χ3v) is 5.15. The molecule has 1 aromatic carbocycles. The highest BCUT2D eigenvalue weighted by Crippen LogP contribution is 2.30. The molecule has 2 aliphatic heterocycles. The number of rotatable bonds is 5. The number of fused-ring (bicyclic) bond motifs is 2. The first-order valence-electron chi connectivity index (χ1n) is 8.59. The summed E-state index contributed by atoms with van der Waals surface area (Å²) in [5, 5.41) is 0.554. The number of carbonyl (C=O) groups excluding carboxylic acids is 3. The van der Waals surface area contributed by atoms with Crippen molar-refractivity contribution in [2.75, 3.05) is 6.54 Å². The number of benzene rings is 1. The molecule has 0 saturated carbocycles. The molecule has 4 amide bonds. The molecule has 0 radical (unpaired) electrons. The molecule has 3 atom stereocenters. The first kappa shape index (κ1) is 20.0. The molecule has 2 heterocycles. The van der Waals surface area contributed by atoms with Gasteiger partial charge in [0, 0.05) is 6.54 Å². The van der Waals surface area contributed by atoms with Crippen LogP contribution in [0.2, 0.25) is 0 Å². The number of hydrogen-bond donors (Lipinski definition) is 3. The van der Waals surface area contributed by atoms with E-state index in [1.807, 2.05) is 6.07 Å². The average Bonchev–Trinajstić information content (AvgIpc) is 2.89. The molecule has 3 N–H and O–H groups in total. The highest BCUT2D eigenvalue weighted by atomic mass is 32.3. The van der Waals surface area contributed by atoms with E-state index in [2.05, 4.69) is 15.1 Å². The highest BCUT2D eigenvalue weighted by molar-refractivity contribution is 7.80. The van der Waals surface area contributed by atoms with E-state index in [-0.39, 0.29) is 13.0 Å². The van der Waals surface area contributed by atoms with Gasteiger partial charge in [-0.3, -0.25) is 25.0 Å². The zero-order valence-electron chi connectivity index (χ0n) is 14.9. The van der Waals surface area contributed by atoms with Crippen LogP contribution in [0.25, 0.3) is 0 Å². The van der Waals surface area contributed by atoms with Crippen LogP contribution in [-0.2, 0) is 24.3 Å². The number of piperidine rings is 1. The molecule has 152 valence electrons. The van der Waals surface area contributed by atoms with Crippen molar-refractivity contribution in [1.82, 2.24) is 20.8 Å². The van der Waals surface area contributed by atoms with Crippen molar-refractivity contribution in [2.45, 2.75) is 37.8 Å². The topological polar surface area (TPSA) is 145 Å². The van der Waals surface area contributed by atoms with Gasteiger partial charge in [0.25, 0.3) is 5.91 Å². The maximum Gasteiger partial charge on any atom is 0.418 e. The Morgan fingerprint density at radius 1 is 1.21 bits per heavy atom. The molecule has 28 heavy (non-hydrogen) atoms. The van der Waals surface area contributed by atoms with E-state index in [1.165, 1.54) is 0 Å². The Labute approximate surface area is 161 Å². The average molecular weight is 412 g/mol. The number of hydrazine groups is 1. The van der Waals surface area contributed by atoms with Gasteiger partial charge in [-0.05, 0) is 25.3 Å². The van der Waals surface area contributed by atoms with E-state index < -0.39 is 46.2 Å². The Morgan fingerprint density at radius 2 is 1.89 bits per heavy atom. The quantitative estimate of drug-likeness (QED) is 0.454. The summed E-state index contributed by atoms with van der Waals surface area (Å²) in [4.78, 5) is 38.1. The van der Waals surface area contributed by atoms with E-state index in [4.69, 9.17) is 4.55 Å². The first-order chi connectivity index (χ1) is 13.2. The second-order valence-electron chi connectivity index (χ2n) is 6.62. The molecule has 2 unspecified atom stereocenters. The van der Waals surface area contributed by atoms with Gasteiger partial charge in [0.05, 0.1) is 12.0 Å². The normalized spacial score (nSPS) is 22.7. The van der Waals surface area contributed by atoms with Crippen molar-refractivity contribution in [3.63, 3.8) is 0 Å². The monoisotopic (exact) mass is 412 g/mol. The van der Waals surface area contributed by atoms with Gasteiger partial charge < -0.3 is 4.90 Å². The molecular formula is C16H20N4O7S. The minimum absolute atomic E-state index is 0.0702. The molecular weight excluding hydrogens is 392 g/mol. The van der Waals surface area contributed by atoms with Crippen molar-refractivity contribution in [3.8, 4) is 0 Å². The van der Waals surface area contributed by atoms with E-state index >= 15 is 0 Å². The Balaban J connectivity index is 1.58. The lowest BCUT2D eigenvalue weighted by Crippen LogP contribution is -2.54. The molecule has 0 aliphatic carbocycles. The number of hydrogen-bond acceptors (Lipinski definition) is 6. The summed E-state index contributed by atoms with van der Waals surface area (Å²) in [6.07, 6.45) is 0.544. The van der Waals surface area contributed by atoms with Gasteiger partial charge in [-0.25, -0.2) is 4.79 Å². The summed E-state index contributed by atoms with van der Waals surface area (Å²) in [6.45, 7) is 1.76. The molecule has 2 aliphatic rings. The fraction of sp³-hybridized carbons (Fsp3) is 0.438. The van der Waals surface area contributed by atoms with E-state index in [9.17, 15) is 22.8 Å². The van der Waals surface area contributed by atoms with Gasteiger partial charge in [-0.15, -0.1) is 4.28 Å². The lowest BCUT2D eigenvalue weighted by molar-refractivity contribution is -0.132. The zero-order chi connectivity index (χ0) is 20.5. The summed E-state index contributed by atoms with van der Waals surface area (Å²) in [7, 11) is -4.85. The number of urea groups is 1. The van der Waals surface area contributed by atoms with Crippen LogP contribution < -0.4 is 10.9 Å². The van der Waals surface area contributed by atoms with Crippen LogP contribution in [-0.4, -0.2) is 59.4 Å². The van der Waals surface area contributed by atoms with Gasteiger partial charge in [0.1, 0.15) is 6.04 Å². The van der Waals surface area contributed by atoms with Crippen molar-refractivity contribution in [1.29, 1.82) is 0 Å². The number of carbonyl (C=O) groups is 3. The summed E-state index contributed by atoms with van der Waals surface area (Å²) in [6, 6.07) is 6.68. The number of amides is 4. The van der Waals surface area contributed by atoms with Crippen LogP contribution >= 0.6 is 0 Å². The summed E-state index contributed by atoms with van der Waals surface area (Å²) < 4.78 is 34.9. The standard InChI is InChI=1S/C16H20N4O7S/c1-10(11-5-3-2-4-6-11)14(21)17-18-15(22)13-8-7-12-9-19(13)16(23)20(12)27-28(24,25)26/h2-6,10,12-13H,7-9H2,1H3,(H,17,21)(H,18,22)(H,24,25,26)/t10?,12?,13-/m0/s1. The van der Waals surface area contributed by atoms with Crippen LogP contribution in [0.5, 0.6) is 0 Å². The Hall–Kier alpha value is -2.70. The maximum absolute atomic E-state index is 12.4. The molecule has 0 spiro atoms. The van der Waals surface area contributed by atoms with Crippen molar-refractivity contribution in [3.05, 3.63) is 35.9 Å². The fourth-order valence-electron chi connectivity index (χ4n) is 3.31. The van der Waals surface area contributed by atoms with Gasteiger partial charge in [0.15, 0.2) is 0 Å². The van der Waals surface area contributed by atoms with E-state index in [0.717, 1.165) is 10.5 Å². The Kier molecular flexibility index (Phi) is 5.54. The summed E-state index contributed by atoms with van der Waals surface area (Å²) >= 11 is 0. The number of nitrogens with one attached hydrogen (secondary N) is 2. The zero-order valence-corrected chi connectivity index (χ0v) is 15.8. The van der Waals surface area contributed by atoms with Crippen LogP contribution in [0.3, 0.4) is 0 Å². The van der Waals surface area contributed by atoms with Gasteiger partial charge in [-0.2, -0.15) is 13.5 Å². The van der Waals surface area contributed by atoms with Crippen molar-refractivity contribution < 1.29 is 31.6 Å². The SMILES string of the molecule is CC(C(=O)NNC(=O)[C@@H]1CCC2CN1C(=O)N2OS(=O)(=O)O)c1ccccc1. The molecule has 11 nitrogen and oxygen atoms in total. The van der Waals surface area contributed by atoms with Crippen LogP contribution in [0.4, 0.5) is 4.79 Å². The highest BCUT2D eigenvalue weighted by Gasteiger charge is 2.49. The largest absolute Gasteiger partial charge is 0.418 e. The second kappa shape index (κ2) is 7.73. The molecule has 3 rings (SSSR count). The molecule has 1 aromatic rings. The van der Waals surface area contributed by atoms with E-state index in [1.54, 1.807) is 31.2 Å². The Morgan fingerprint density at radius 3 is 2.54 bits per heavy atom. The van der Waals surface area contributed by atoms with Crippen LogP contribution in [0.15, 0.2) is 30.3 Å². The van der Waals surface area contributed by atoms with Gasteiger partial charge in [0.2, 0.25) is 5.91 Å². The minimum atomic E-state index is -4.85. The predicted octanol–water partition coefficient (Wildman–Crippen LogP) is -0.0595. The van der Waals surface area contributed by atoms with Gasteiger partial charge in [-0.1, -0.05) is 30.3 Å². The lowest BCUT2D eigenvalue weighted by Gasteiger charge is -2.29. The van der Waals surface area contributed by atoms with Crippen molar-refractivity contribution in [2.24, 2.45) is 0 Å². The Bertz CT molecular complexity index is 876. The lowest BCUT2D eigenvalue weighted by atomic mass is 10.0. The second-order valence-corrected chi connectivity index (χ2v) is 7.63. The maximum atomic E-state index is 12.4. The number of nitrogens with zero attached hydrogens (tertiary/aromatic N) is 2. The van der Waals surface area contributed by atoms with Crippen LogP contribution in [0, 0.1) is 0 Å². The van der Waals surface area contributed by atoms with Crippen molar-refractivity contribution >= 4 is 28.2 Å². The summed E-state index contributed by atoms with van der Waals surface area (Å²) in [5.41, 5.74) is 5.43. The third-order valence-electron chi connectivity index (χ3n) is 4.80. The third kappa shape index (κ3) is 4.24. The van der Waals surface area contributed by atoms with Crippen LogP contribution in [0.1, 0.15) is 31.2 Å². The minimum Gasteiger partial charge on any atom is -0.309 e. The van der Waals surface area contributed by atoms with E-state index in [0.29, 0.717) is 11.5 Å². The molecule has 2 fully saturated rings. The first-order valence-corrected chi connectivity index (χ1v) is 9.95. The number of hydroxylamine groups is 2.